The predicted octanol–water partition coefficient (Wildman–Crippen LogP) is 4.49. The van der Waals surface area contributed by atoms with Crippen LogP contribution in [0, 0.1) is 11.3 Å². The molecule has 3 aromatic rings. The van der Waals surface area contributed by atoms with E-state index in [4.69, 9.17) is 0 Å². The number of ether oxygens (including phenoxy) is 1. The van der Waals surface area contributed by atoms with Gasteiger partial charge in [0.2, 0.25) is 0 Å². The molecule has 1 aromatic heterocycles. The van der Waals surface area contributed by atoms with Gasteiger partial charge < -0.3 is 19.7 Å². The van der Waals surface area contributed by atoms with Crippen LogP contribution in [0.2, 0.25) is 0 Å². The average Bonchev–Trinajstić information content (AvgIpc) is 3.12. The first-order chi connectivity index (χ1) is 15.7. The summed E-state index contributed by atoms with van der Waals surface area (Å²) in [6.45, 7) is 0.136. The summed E-state index contributed by atoms with van der Waals surface area (Å²) in [4.78, 5) is 13.2. The van der Waals surface area contributed by atoms with E-state index in [0.717, 1.165) is 0 Å². The second-order valence-corrected chi connectivity index (χ2v) is 8.18. The van der Waals surface area contributed by atoms with E-state index >= 15 is 0 Å². The number of nitrogens with one attached hydrogen (secondary N) is 1. The Labute approximate surface area is 188 Å². The number of amides is 1. The molecule has 1 heterocycles. The van der Waals surface area contributed by atoms with Gasteiger partial charge in [0, 0.05) is 23.5 Å². The fourth-order valence-corrected chi connectivity index (χ4v) is 4.20. The van der Waals surface area contributed by atoms with Crippen molar-refractivity contribution in [2.24, 2.45) is 0 Å². The van der Waals surface area contributed by atoms with Gasteiger partial charge in [-0.3, -0.25) is 4.79 Å². The number of benzene rings is 2. The highest BCUT2D eigenvalue weighted by Crippen LogP contribution is 2.27. The molecule has 0 bridgehead atoms. The quantitative estimate of drug-likeness (QED) is 0.591. The Bertz CT molecular complexity index is 1210. The molecule has 33 heavy (non-hydrogen) atoms. The molecule has 0 aliphatic heterocycles. The highest BCUT2D eigenvalue weighted by molar-refractivity contribution is 5.99. The minimum absolute atomic E-state index is 0.0643. The maximum Gasteiger partial charge on any atom is 0.573 e. The van der Waals surface area contributed by atoms with Gasteiger partial charge in [0.25, 0.3) is 5.91 Å². The lowest BCUT2D eigenvalue weighted by molar-refractivity contribution is -0.274. The van der Waals surface area contributed by atoms with Gasteiger partial charge in [-0.25, -0.2) is 0 Å². The van der Waals surface area contributed by atoms with E-state index in [-0.39, 0.29) is 30.3 Å². The van der Waals surface area contributed by atoms with Crippen molar-refractivity contribution < 1.29 is 27.8 Å². The maximum atomic E-state index is 13.2. The summed E-state index contributed by atoms with van der Waals surface area (Å²) in [5, 5.41) is 22.6. The summed E-state index contributed by atoms with van der Waals surface area (Å²) < 4.78 is 43.6. The van der Waals surface area contributed by atoms with Gasteiger partial charge in [-0.2, -0.15) is 5.26 Å². The second-order valence-electron chi connectivity index (χ2n) is 8.18. The first kappa shape index (κ1) is 22.7. The van der Waals surface area contributed by atoms with Crippen LogP contribution in [0.4, 0.5) is 13.2 Å². The lowest BCUT2D eigenvalue weighted by atomic mass is 9.93. The number of nitriles is 1. The molecule has 0 atom stereocenters. The summed E-state index contributed by atoms with van der Waals surface area (Å²) in [6, 6.07) is 14.3. The zero-order valence-corrected chi connectivity index (χ0v) is 17.6. The number of aliphatic hydroxyl groups is 1. The molecular weight excluding hydrogens is 435 g/mol. The number of carbonyl (C=O) groups is 1. The minimum Gasteiger partial charge on any atom is -0.406 e. The van der Waals surface area contributed by atoms with Gasteiger partial charge in [0.05, 0.1) is 17.7 Å². The van der Waals surface area contributed by atoms with Crippen LogP contribution in [0.1, 0.15) is 47.3 Å². The molecule has 9 heteroatoms. The third-order valence-corrected chi connectivity index (χ3v) is 5.77. The molecule has 0 spiro atoms. The van der Waals surface area contributed by atoms with Crippen LogP contribution in [0.3, 0.4) is 0 Å². The summed E-state index contributed by atoms with van der Waals surface area (Å²) in [6.07, 6.45) is -2.58. The number of carbonyl (C=O) groups excluding carboxylic acids is 1. The Balaban J connectivity index is 1.66. The lowest BCUT2D eigenvalue weighted by Crippen LogP contribution is -2.39. The third-order valence-electron chi connectivity index (χ3n) is 5.77. The topological polar surface area (TPSA) is 87.3 Å². The zero-order valence-electron chi connectivity index (χ0n) is 17.6. The molecule has 1 aliphatic rings. The number of alkyl halides is 3. The van der Waals surface area contributed by atoms with Crippen LogP contribution in [-0.4, -0.2) is 34.1 Å². The Morgan fingerprint density at radius 2 is 1.91 bits per heavy atom. The van der Waals surface area contributed by atoms with E-state index in [0.29, 0.717) is 53.4 Å². The standard InChI is InChI=1S/C24H22F3N3O3/c25-24(26,27)33-20-3-1-2-16(11-20)14-30-21-9-4-15(13-28)10-17(21)12-22(30)23(32)29-18-5-7-19(31)8-6-18/h1-4,9-12,18-19,31H,5-8,14H2,(H,29,32). The molecule has 1 saturated carbocycles. The Hall–Kier alpha value is -3.51. The highest BCUT2D eigenvalue weighted by Gasteiger charge is 2.31. The number of halogens is 3. The van der Waals surface area contributed by atoms with Crippen molar-refractivity contribution in [1.82, 2.24) is 9.88 Å². The second kappa shape index (κ2) is 9.16. The van der Waals surface area contributed by atoms with Gasteiger partial charge in [-0.15, -0.1) is 13.2 Å². The first-order valence-electron chi connectivity index (χ1n) is 10.6. The largest absolute Gasteiger partial charge is 0.573 e. The van der Waals surface area contributed by atoms with Gasteiger partial charge in [-0.1, -0.05) is 12.1 Å². The molecule has 0 radical (unpaired) electrons. The number of hydrogen-bond donors (Lipinski definition) is 2. The number of hydrogen-bond acceptors (Lipinski definition) is 4. The zero-order chi connectivity index (χ0) is 23.6. The van der Waals surface area contributed by atoms with Gasteiger partial charge in [0.15, 0.2) is 0 Å². The number of aromatic nitrogens is 1. The van der Waals surface area contributed by atoms with Gasteiger partial charge >= 0.3 is 6.36 Å². The van der Waals surface area contributed by atoms with Crippen molar-refractivity contribution in [3.8, 4) is 11.8 Å². The smallest absolute Gasteiger partial charge is 0.406 e. The van der Waals surface area contributed by atoms with Crippen LogP contribution < -0.4 is 10.1 Å². The Morgan fingerprint density at radius 1 is 1.15 bits per heavy atom. The third kappa shape index (κ3) is 5.46. The van der Waals surface area contributed by atoms with Crippen molar-refractivity contribution in [2.45, 2.75) is 50.7 Å². The van der Waals surface area contributed by atoms with Crippen molar-refractivity contribution in [1.29, 1.82) is 5.26 Å². The molecule has 1 amide bonds. The lowest BCUT2D eigenvalue weighted by Gasteiger charge is -2.26. The number of aliphatic hydroxyl groups excluding tert-OH is 1. The molecule has 1 fully saturated rings. The molecule has 0 unspecified atom stereocenters. The molecule has 2 aromatic carbocycles. The Kier molecular flexibility index (Phi) is 6.29. The van der Waals surface area contributed by atoms with Crippen molar-refractivity contribution >= 4 is 16.8 Å². The summed E-state index contributed by atoms with van der Waals surface area (Å²) in [5.41, 5.74) is 1.98. The van der Waals surface area contributed by atoms with E-state index in [1.54, 1.807) is 34.9 Å². The molecule has 1 aliphatic carbocycles. The molecule has 172 valence electrons. The van der Waals surface area contributed by atoms with Crippen LogP contribution in [0.25, 0.3) is 10.9 Å². The molecular formula is C24H22F3N3O3. The van der Waals surface area contributed by atoms with E-state index < -0.39 is 6.36 Å². The van der Waals surface area contributed by atoms with Crippen molar-refractivity contribution in [3.63, 3.8) is 0 Å². The summed E-state index contributed by atoms with van der Waals surface area (Å²) in [7, 11) is 0. The van der Waals surface area contributed by atoms with E-state index in [2.05, 4.69) is 16.1 Å². The highest BCUT2D eigenvalue weighted by atomic mass is 19.4. The summed E-state index contributed by atoms with van der Waals surface area (Å²) in [5.74, 6) is -0.649. The normalized spacial score (nSPS) is 18.6. The number of fused-ring (bicyclic) bond motifs is 1. The number of nitrogens with zero attached hydrogens (tertiary/aromatic N) is 2. The SMILES string of the molecule is N#Cc1ccc2c(c1)cc(C(=O)NC1CCC(O)CC1)n2Cc1cccc(OC(F)(F)F)c1. The maximum absolute atomic E-state index is 13.2. The molecule has 6 nitrogen and oxygen atoms in total. The fraction of sp³-hybridized carbons (Fsp3) is 0.333. The van der Waals surface area contributed by atoms with E-state index in [9.17, 15) is 28.3 Å². The minimum atomic E-state index is -4.80. The van der Waals surface area contributed by atoms with Crippen LogP contribution in [0.5, 0.6) is 5.75 Å². The van der Waals surface area contributed by atoms with Crippen LogP contribution in [0.15, 0.2) is 48.5 Å². The average molecular weight is 457 g/mol. The van der Waals surface area contributed by atoms with Crippen LogP contribution in [-0.2, 0) is 6.54 Å². The monoisotopic (exact) mass is 457 g/mol. The number of rotatable bonds is 5. The van der Waals surface area contributed by atoms with Gasteiger partial charge in [-0.05, 0) is 67.6 Å². The van der Waals surface area contributed by atoms with Gasteiger partial charge in [0.1, 0.15) is 11.4 Å². The summed E-state index contributed by atoms with van der Waals surface area (Å²) >= 11 is 0. The Morgan fingerprint density at radius 3 is 2.61 bits per heavy atom. The van der Waals surface area contributed by atoms with Crippen LogP contribution >= 0.6 is 0 Å². The predicted molar refractivity (Wildman–Crippen MR) is 115 cm³/mol. The fourth-order valence-electron chi connectivity index (χ4n) is 4.20. The van der Waals surface area contributed by atoms with Crippen molar-refractivity contribution in [2.75, 3.05) is 0 Å². The van der Waals surface area contributed by atoms with Crippen molar-refractivity contribution in [3.05, 3.63) is 65.4 Å². The van der Waals surface area contributed by atoms with E-state index in [1.807, 2.05) is 0 Å². The first-order valence-corrected chi connectivity index (χ1v) is 10.6. The molecule has 2 N–H and O–H groups in total. The molecule has 0 saturated heterocycles. The molecule has 4 rings (SSSR count). The van der Waals surface area contributed by atoms with E-state index in [1.165, 1.54) is 18.2 Å².